The molecule has 0 aromatic rings. The van der Waals surface area contributed by atoms with Gasteiger partial charge >= 0.3 is 19.7 Å². The molecule has 9 heteroatoms. The molecule has 0 aromatic heterocycles. The SMILES string of the molecule is C=C(C)C(=O)OCCNC(=O)OCCP(=O)(O)O. The zero-order valence-electron chi connectivity index (χ0n) is 9.92. The van der Waals surface area contributed by atoms with Crippen LogP contribution in [0.4, 0.5) is 4.79 Å². The first-order valence-corrected chi connectivity index (χ1v) is 6.80. The van der Waals surface area contributed by atoms with Crippen molar-refractivity contribution in [3.63, 3.8) is 0 Å². The monoisotopic (exact) mass is 281 g/mol. The molecule has 0 aliphatic rings. The van der Waals surface area contributed by atoms with Gasteiger partial charge in [-0.25, -0.2) is 9.59 Å². The highest BCUT2D eigenvalue weighted by atomic mass is 31.2. The van der Waals surface area contributed by atoms with Crippen molar-refractivity contribution in [1.82, 2.24) is 5.32 Å². The van der Waals surface area contributed by atoms with Crippen molar-refractivity contribution in [2.45, 2.75) is 6.92 Å². The van der Waals surface area contributed by atoms with Crippen molar-refractivity contribution in [2.24, 2.45) is 0 Å². The predicted octanol–water partition coefficient (Wildman–Crippen LogP) is 0.00960. The number of amides is 1. The second-order valence-electron chi connectivity index (χ2n) is 3.37. The lowest BCUT2D eigenvalue weighted by Gasteiger charge is -2.08. The molecular weight excluding hydrogens is 265 g/mol. The molecule has 1 amide bonds. The predicted molar refractivity (Wildman–Crippen MR) is 62.0 cm³/mol. The summed E-state index contributed by atoms with van der Waals surface area (Å²) in [6.45, 7) is 4.47. The smallest absolute Gasteiger partial charge is 0.407 e. The molecule has 8 nitrogen and oxygen atoms in total. The van der Waals surface area contributed by atoms with Gasteiger partial charge in [0, 0.05) is 5.57 Å². The number of alkyl carbamates (subject to hydrolysis) is 1. The number of hydrogen-bond donors (Lipinski definition) is 3. The molecule has 0 unspecified atom stereocenters. The van der Waals surface area contributed by atoms with Gasteiger partial charge in [0.1, 0.15) is 13.2 Å². The van der Waals surface area contributed by atoms with Gasteiger partial charge in [0.25, 0.3) is 0 Å². The van der Waals surface area contributed by atoms with E-state index < -0.39 is 25.8 Å². The average Bonchev–Trinajstić information content (AvgIpc) is 2.22. The van der Waals surface area contributed by atoms with Crippen LogP contribution in [0, 0.1) is 0 Å². The minimum absolute atomic E-state index is 0.0355. The second kappa shape index (κ2) is 7.86. The molecule has 0 radical (unpaired) electrons. The third-order valence-corrected chi connectivity index (χ3v) is 2.33. The van der Waals surface area contributed by atoms with E-state index in [-0.39, 0.29) is 25.3 Å². The summed E-state index contributed by atoms with van der Waals surface area (Å²) in [5, 5.41) is 2.24. The molecular formula is C9H16NO7P. The Morgan fingerprint density at radius 1 is 1.28 bits per heavy atom. The first-order chi connectivity index (χ1) is 8.22. The fourth-order valence-corrected chi connectivity index (χ4v) is 1.06. The lowest BCUT2D eigenvalue weighted by molar-refractivity contribution is -0.138. The van der Waals surface area contributed by atoms with Crippen molar-refractivity contribution in [3.8, 4) is 0 Å². The molecule has 0 fully saturated rings. The summed E-state index contributed by atoms with van der Waals surface area (Å²) < 4.78 is 19.6. The summed E-state index contributed by atoms with van der Waals surface area (Å²) in [4.78, 5) is 38.9. The van der Waals surface area contributed by atoms with Crippen LogP contribution in [0.1, 0.15) is 6.92 Å². The molecule has 0 aliphatic heterocycles. The number of hydrogen-bond acceptors (Lipinski definition) is 5. The normalized spacial score (nSPS) is 10.6. The molecule has 0 rings (SSSR count). The largest absolute Gasteiger partial charge is 0.460 e. The van der Waals surface area contributed by atoms with E-state index in [1.807, 2.05) is 0 Å². The number of rotatable bonds is 7. The Bertz CT molecular complexity index is 362. The van der Waals surface area contributed by atoms with Crippen molar-refractivity contribution >= 4 is 19.7 Å². The van der Waals surface area contributed by atoms with E-state index in [2.05, 4.69) is 21.4 Å². The van der Waals surface area contributed by atoms with E-state index in [4.69, 9.17) is 9.79 Å². The fraction of sp³-hybridized carbons (Fsp3) is 0.556. The fourth-order valence-electron chi connectivity index (χ4n) is 0.728. The van der Waals surface area contributed by atoms with Crippen LogP contribution in [-0.2, 0) is 18.8 Å². The molecule has 0 heterocycles. The molecule has 0 bridgehead atoms. The average molecular weight is 281 g/mol. The van der Waals surface area contributed by atoms with Crippen LogP contribution in [0.2, 0.25) is 0 Å². The van der Waals surface area contributed by atoms with Crippen LogP contribution in [-0.4, -0.2) is 47.8 Å². The van der Waals surface area contributed by atoms with Gasteiger partial charge in [0.05, 0.1) is 12.7 Å². The highest BCUT2D eigenvalue weighted by Gasteiger charge is 2.13. The standard InChI is InChI=1S/C9H16NO7P/c1-7(2)8(11)16-4-3-10-9(12)17-5-6-18(13,14)15/h1,3-6H2,2H3,(H,10,12)(H2,13,14,15). The summed E-state index contributed by atoms with van der Waals surface area (Å²) in [6, 6.07) is 0. The number of carbonyl (C=O) groups excluding carboxylic acids is 2. The Hall–Kier alpha value is -1.37. The number of esters is 1. The maximum Gasteiger partial charge on any atom is 0.407 e. The van der Waals surface area contributed by atoms with E-state index in [9.17, 15) is 14.2 Å². The van der Waals surface area contributed by atoms with Crippen LogP contribution < -0.4 is 5.32 Å². The summed E-state index contributed by atoms with van der Waals surface area (Å²) in [6.07, 6.45) is -1.37. The van der Waals surface area contributed by atoms with Gasteiger partial charge in [-0.3, -0.25) is 4.57 Å². The van der Waals surface area contributed by atoms with Gasteiger partial charge in [-0.05, 0) is 6.92 Å². The van der Waals surface area contributed by atoms with Gasteiger partial charge in [-0.1, -0.05) is 6.58 Å². The van der Waals surface area contributed by atoms with Crippen molar-refractivity contribution in [2.75, 3.05) is 25.9 Å². The van der Waals surface area contributed by atoms with Crippen molar-refractivity contribution < 1.29 is 33.4 Å². The Morgan fingerprint density at radius 3 is 2.39 bits per heavy atom. The molecule has 0 aromatic carbocycles. The van der Waals surface area contributed by atoms with Gasteiger partial charge in [0.2, 0.25) is 0 Å². The third-order valence-electron chi connectivity index (χ3n) is 1.57. The Kier molecular flexibility index (Phi) is 7.26. The molecule has 0 atom stereocenters. The van der Waals surface area contributed by atoms with E-state index in [1.54, 1.807) is 0 Å². The van der Waals surface area contributed by atoms with Gasteiger partial charge in [-0.15, -0.1) is 0 Å². The minimum atomic E-state index is -4.16. The quantitative estimate of drug-likeness (QED) is 0.260. The molecule has 3 N–H and O–H groups in total. The number of ether oxygens (including phenoxy) is 2. The van der Waals surface area contributed by atoms with E-state index in [0.717, 1.165) is 0 Å². The Balaban J connectivity index is 3.57. The van der Waals surface area contributed by atoms with E-state index in [1.165, 1.54) is 6.92 Å². The van der Waals surface area contributed by atoms with E-state index >= 15 is 0 Å². The molecule has 0 aliphatic carbocycles. The lowest BCUT2D eigenvalue weighted by Crippen LogP contribution is -2.29. The van der Waals surface area contributed by atoms with Crippen molar-refractivity contribution in [1.29, 1.82) is 0 Å². The van der Waals surface area contributed by atoms with Crippen LogP contribution in [0.3, 0.4) is 0 Å². The Labute approximate surface area is 104 Å². The molecule has 0 saturated carbocycles. The highest BCUT2D eigenvalue weighted by Crippen LogP contribution is 2.33. The van der Waals surface area contributed by atoms with Crippen molar-refractivity contribution in [3.05, 3.63) is 12.2 Å². The maximum absolute atomic E-state index is 11.0. The van der Waals surface area contributed by atoms with Gasteiger partial charge < -0.3 is 24.6 Å². The van der Waals surface area contributed by atoms with Crippen LogP contribution in [0.5, 0.6) is 0 Å². The number of carbonyl (C=O) groups is 2. The van der Waals surface area contributed by atoms with Crippen LogP contribution in [0.25, 0.3) is 0 Å². The minimum Gasteiger partial charge on any atom is -0.460 e. The molecule has 104 valence electrons. The lowest BCUT2D eigenvalue weighted by atomic mass is 10.4. The van der Waals surface area contributed by atoms with E-state index in [0.29, 0.717) is 0 Å². The summed E-state index contributed by atoms with van der Waals surface area (Å²) in [5.41, 5.74) is 0.249. The topological polar surface area (TPSA) is 122 Å². The maximum atomic E-state index is 11.0. The summed E-state index contributed by atoms with van der Waals surface area (Å²) in [7, 11) is -4.16. The molecule has 18 heavy (non-hydrogen) atoms. The summed E-state index contributed by atoms with van der Waals surface area (Å²) in [5.74, 6) is -0.563. The van der Waals surface area contributed by atoms with Gasteiger partial charge in [-0.2, -0.15) is 0 Å². The van der Waals surface area contributed by atoms with Crippen LogP contribution >= 0.6 is 7.60 Å². The highest BCUT2D eigenvalue weighted by molar-refractivity contribution is 7.51. The second-order valence-corrected chi connectivity index (χ2v) is 5.14. The van der Waals surface area contributed by atoms with Gasteiger partial charge in [0.15, 0.2) is 0 Å². The summed E-state index contributed by atoms with van der Waals surface area (Å²) >= 11 is 0. The zero-order chi connectivity index (χ0) is 14.2. The number of nitrogens with one attached hydrogen (secondary N) is 1. The zero-order valence-corrected chi connectivity index (χ0v) is 10.8. The van der Waals surface area contributed by atoms with Crippen LogP contribution in [0.15, 0.2) is 12.2 Å². The third kappa shape index (κ3) is 9.83. The first kappa shape index (κ1) is 16.6. The Morgan fingerprint density at radius 2 is 1.89 bits per heavy atom. The first-order valence-electron chi connectivity index (χ1n) is 5.00. The molecule has 0 saturated heterocycles. The molecule has 0 spiro atoms.